The van der Waals surface area contributed by atoms with Crippen LogP contribution >= 0.6 is 0 Å². The highest BCUT2D eigenvalue weighted by molar-refractivity contribution is 7.84. The van der Waals surface area contributed by atoms with E-state index in [9.17, 15) is 4.21 Å². The Morgan fingerprint density at radius 1 is 1.73 bits per heavy atom. The third kappa shape index (κ3) is 3.68. The molecule has 4 nitrogen and oxygen atoms in total. The Hall–Kier alpha value is -1.41. The Kier molecular flexibility index (Phi) is 4.25. The van der Waals surface area contributed by atoms with E-state index in [-0.39, 0.29) is 5.25 Å². The Labute approximate surface area is 91.8 Å². The highest BCUT2D eigenvalue weighted by Crippen LogP contribution is 2.06. The van der Waals surface area contributed by atoms with Crippen LogP contribution in [0.2, 0.25) is 0 Å². The summed E-state index contributed by atoms with van der Waals surface area (Å²) >= 11 is 0. The molecular weight excluding hydrogens is 210 g/mol. The third-order valence-electron chi connectivity index (χ3n) is 2.03. The van der Waals surface area contributed by atoms with Gasteiger partial charge in [0.05, 0.1) is 11.6 Å². The van der Waals surface area contributed by atoms with Crippen LogP contribution in [0.3, 0.4) is 0 Å². The number of nitrogens with one attached hydrogen (secondary N) is 1. The molecule has 0 aliphatic heterocycles. The van der Waals surface area contributed by atoms with Gasteiger partial charge in [0.15, 0.2) is 0 Å². The monoisotopic (exact) mass is 223 g/mol. The van der Waals surface area contributed by atoms with Crippen molar-refractivity contribution in [1.82, 2.24) is 4.98 Å². The van der Waals surface area contributed by atoms with Gasteiger partial charge in [0.1, 0.15) is 5.82 Å². The van der Waals surface area contributed by atoms with E-state index < -0.39 is 10.8 Å². The summed E-state index contributed by atoms with van der Waals surface area (Å²) in [5.74, 6) is 0.645. The van der Waals surface area contributed by atoms with E-state index in [0.29, 0.717) is 17.9 Å². The second-order valence-electron chi connectivity index (χ2n) is 3.23. The van der Waals surface area contributed by atoms with Crippen molar-refractivity contribution in [3.8, 4) is 6.07 Å². The highest BCUT2D eigenvalue weighted by atomic mass is 32.2. The fourth-order valence-corrected chi connectivity index (χ4v) is 1.28. The number of rotatable bonds is 4. The van der Waals surface area contributed by atoms with Crippen LogP contribution in [0, 0.1) is 11.3 Å². The van der Waals surface area contributed by atoms with Gasteiger partial charge in [-0.05, 0) is 19.1 Å². The molecule has 0 bridgehead atoms. The molecule has 1 rings (SSSR count). The molecule has 80 valence electrons. The molecule has 1 aromatic heterocycles. The molecule has 1 heterocycles. The van der Waals surface area contributed by atoms with Crippen LogP contribution < -0.4 is 5.32 Å². The van der Waals surface area contributed by atoms with Crippen LogP contribution in [0.5, 0.6) is 0 Å². The first-order valence-electron chi connectivity index (χ1n) is 4.55. The van der Waals surface area contributed by atoms with Crippen LogP contribution in [-0.4, -0.2) is 27.2 Å². The van der Waals surface area contributed by atoms with E-state index in [1.54, 1.807) is 24.6 Å². The van der Waals surface area contributed by atoms with Gasteiger partial charge in [-0.3, -0.25) is 4.21 Å². The fraction of sp³-hybridized carbons (Fsp3) is 0.400. The van der Waals surface area contributed by atoms with Crippen LogP contribution in [-0.2, 0) is 10.8 Å². The Morgan fingerprint density at radius 3 is 3.07 bits per heavy atom. The number of hydrogen-bond acceptors (Lipinski definition) is 4. The second-order valence-corrected chi connectivity index (χ2v) is 5.03. The molecule has 15 heavy (non-hydrogen) atoms. The number of aromatic nitrogens is 1. The van der Waals surface area contributed by atoms with Crippen molar-refractivity contribution in [2.24, 2.45) is 0 Å². The summed E-state index contributed by atoms with van der Waals surface area (Å²) in [6.45, 7) is 2.49. The van der Waals surface area contributed by atoms with Gasteiger partial charge in [-0.2, -0.15) is 5.26 Å². The summed E-state index contributed by atoms with van der Waals surface area (Å²) in [5, 5.41) is 11.8. The summed E-state index contributed by atoms with van der Waals surface area (Å²) in [7, 11) is -0.846. The van der Waals surface area contributed by atoms with Crippen molar-refractivity contribution >= 4 is 16.6 Å². The Morgan fingerprint density at radius 2 is 2.47 bits per heavy atom. The molecular formula is C10H13N3OS. The smallest absolute Gasteiger partial charge is 0.127 e. The van der Waals surface area contributed by atoms with Crippen LogP contribution in [0.1, 0.15) is 12.5 Å². The van der Waals surface area contributed by atoms with Gasteiger partial charge in [0.2, 0.25) is 0 Å². The molecule has 0 saturated heterocycles. The van der Waals surface area contributed by atoms with Gasteiger partial charge in [0, 0.05) is 35.0 Å². The summed E-state index contributed by atoms with van der Waals surface area (Å²) in [5.41, 5.74) is 0.567. The van der Waals surface area contributed by atoms with Gasteiger partial charge in [-0.25, -0.2) is 4.98 Å². The minimum Gasteiger partial charge on any atom is -0.369 e. The molecule has 0 amide bonds. The summed E-state index contributed by atoms with van der Waals surface area (Å²) < 4.78 is 11.1. The predicted molar refractivity (Wildman–Crippen MR) is 61.0 cm³/mol. The molecule has 0 aliphatic carbocycles. The van der Waals surface area contributed by atoms with Crippen molar-refractivity contribution in [3.63, 3.8) is 0 Å². The average Bonchev–Trinajstić information content (AvgIpc) is 2.26. The average molecular weight is 223 g/mol. The molecule has 0 radical (unpaired) electrons. The van der Waals surface area contributed by atoms with Gasteiger partial charge < -0.3 is 5.32 Å². The molecule has 0 aliphatic rings. The molecule has 0 fully saturated rings. The van der Waals surface area contributed by atoms with Crippen molar-refractivity contribution < 1.29 is 4.21 Å². The molecule has 2 unspecified atom stereocenters. The molecule has 1 aromatic rings. The maximum atomic E-state index is 11.1. The zero-order valence-corrected chi connectivity index (χ0v) is 9.54. The SMILES string of the molecule is CC(CNc1cc(C#N)ccn1)S(C)=O. The lowest BCUT2D eigenvalue weighted by molar-refractivity contribution is 0.679. The lowest BCUT2D eigenvalue weighted by Crippen LogP contribution is -2.21. The second kappa shape index (κ2) is 5.47. The van der Waals surface area contributed by atoms with Gasteiger partial charge >= 0.3 is 0 Å². The van der Waals surface area contributed by atoms with Crippen LogP contribution in [0.15, 0.2) is 18.3 Å². The van der Waals surface area contributed by atoms with E-state index >= 15 is 0 Å². The molecule has 0 saturated carbocycles. The first-order valence-corrected chi connectivity index (χ1v) is 6.18. The van der Waals surface area contributed by atoms with Crippen molar-refractivity contribution in [1.29, 1.82) is 5.26 Å². The molecule has 5 heteroatoms. The maximum Gasteiger partial charge on any atom is 0.127 e. The number of hydrogen-bond donors (Lipinski definition) is 1. The summed E-state index contributed by atoms with van der Waals surface area (Å²) in [6.07, 6.45) is 3.25. The molecule has 0 aromatic carbocycles. The first kappa shape index (κ1) is 11.7. The van der Waals surface area contributed by atoms with Gasteiger partial charge in [-0.1, -0.05) is 0 Å². The zero-order chi connectivity index (χ0) is 11.3. The zero-order valence-electron chi connectivity index (χ0n) is 8.73. The summed E-state index contributed by atoms with van der Waals surface area (Å²) in [4.78, 5) is 4.06. The maximum absolute atomic E-state index is 11.1. The van der Waals surface area contributed by atoms with E-state index in [1.807, 2.05) is 13.0 Å². The molecule has 0 spiro atoms. The topological polar surface area (TPSA) is 65.8 Å². The lowest BCUT2D eigenvalue weighted by atomic mass is 10.3. The third-order valence-corrected chi connectivity index (χ3v) is 3.33. The summed E-state index contributed by atoms with van der Waals surface area (Å²) in [6, 6.07) is 5.36. The number of nitrogens with zero attached hydrogens (tertiary/aromatic N) is 2. The lowest BCUT2D eigenvalue weighted by Gasteiger charge is -2.10. The number of anilines is 1. The van der Waals surface area contributed by atoms with E-state index in [1.165, 1.54) is 0 Å². The van der Waals surface area contributed by atoms with Gasteiger partial charge in [-0.15, -0.1) is 0 Å². The molecule has 2 atom stereocenters. The van der Waals surface area contributed by atoms with Crippen LogP contribution in [0.4, 0.5) is 5.82 Å². The standard InChI is InChI=1S/C10H13N3OS/c1-8(15(2)14)7-13-10-5-9(6-11)3-4-12-10/h3-5,8H,7H2,1-2H3,(H,12,13). The van der Waals surface area contributed by atoms with Crippen LogP contribution in [0.25, 0.3) is 0 Å². The largest absolute Gasteiger partial charge is 0.369 e. The highest BCUT2D eigenvalue weighted by Gasteiger charge is 2.05. The van der Waals surface area contributed by atoms with Crippen molar-refractivity contribution in [2.75, 3.05) is 18.1 Å². The van der Waals surface area contributed by atoms with E-state index in [2.05, 4.69) is 10.3 Å². The Bertz CT molecular complexity index is 400. The normalized spacial score (nSPS) is 13.9. The molecule has 1 N–H and O–H groups in total. The van der Waals surface area contributed by atoms with E-state index in [0.717, 1.165) is 0 Å². The minimum absolute atomic E-state index is 0.0672. The number of nitriles is 1. The van der Waals surface area contributed by atoms with Crippen molar-refractivity contribution in [2.45, 2.75) is 12.2 Å². The minimum atomic E-state index is -0.846. The first-order chi connectivity index (χ1) is 7.13. The quantitative estimate of drug-likeness (QED) is 0.831. The van der Waals surface area contributed by atoms with Gasteiger partial charge in [0.25, 0.3) is 0 Å². The van der Waals surface area contributed by atoms with Crippen molar-refractivity contribution in [3.05, 3.63) is 23.9 Å². The Balaban J connectivity index is 2.58. The van der Waals surface area contributed by atoms with E-state index in [4.69, 9.17) is 5.26 Å². The fourth-order valence-electron chi connectivity index (χ4n) is 0.962. The predicted octanol–water partition coefficient (Wildman–Crippen LogP) is 1.13. The number of pyridine rings is 1.